The second-order valence-corrected chi connectivity index (χ2v) is 9.04. The second-order valence-electron chi connectivity index (χ2n) is 6.98. The molecule has 1 saturated heterocycles. The zero-order valence-electron chi connectivity index (χ0n) is 16.6. The normalized spacial score (nSPS) is 16.1. The van der Waals surface area contributed by atoms with Crippen molar-refractivity contribution in [2.24, 2.45) is 0 Å². The van der Waals surface area contributed by atoms with Crippen LogP contribution in [0.4, 0.5) is 10.8 Å². The number of thioether (sulfide) groups is 1. The van der Waals surface area contributed by atoms with Crippen LogP contribution in [0.3, 0.4) is 0 Å². The third kappa shape index (κ3) is 4.71. The Morgan fingerprint density at radius 2 is 1.93 bits per heavy atom. The molecule has 1 aromatic heterocycles. The number of para-hydroxylation sites is 1. The molecule has 0 radical (unpaired) electrons. The quantitative estimate of drug-likeness (QED) is 0.555. The fourth-order valence-corrected chi connectivity index (χ4v) is 5.02. The van der Waals surface area contributed by atoms with Gasteiger partial charge in [-0.2, -0.15) is 0 Å². The van der Waals surface area contributed by atoms with Crippen LogP contribution in [0, 0.1) is 0 Å². The molecule has 8 heteroatoms. The van der Waals surface area contributed by atoms with Gasteiger partial charge in [-0.1, -0.05) is 54.7 Å². The molecule has 3 aromatic rings. The van der Waals surface area contributed by atoms with Crippen LogP contribution in [0.1, 0.15) is 29.8 Å². The summed E-state index contributed by atoms with van der Waals surface area (Å²) in [7, 11) is 0. The number of hydrogen-bond acceptors (Lipinski definition) is 6. The van der Waals surface area contributed by atoms with E-state index in [1.54, 1.807) is 0 Å². The molecular weight excluding hydrogens is 416 g/mol. The first-order chi connectivity index (χ1) is 14.6. The summed E-state index contributed by atoms with van der Waals surface area (Å²) in [5.41, 5.74) is 2.14. The highest BCUT2D eigenvalue weighted by atomic mass is 32.2. The first-order valence-corrected chi connectivity index (χ1v) is 11.6. The molecule has 1 fully saturated rings. The Bertz CT molecular complexity index is 1040. The highest BCUT2D eigenvalue weighted by Crippen LogP contribution is 2.35. The monoisotopic (exact) mass is 438 g/mol. The molecule has 0 aliphatic carbocycles. The van der Waals surface area contributed by atoms with Gasteiger partial charge in [-0.25, -0.2) is 0 Å². The van der Waals surface area contributed by atoms with Crippen molar-refractivity contribution in [2.75, 3.05) is 22.5 Å². The number of carbonyl (C=O) groups is 2. The van der Waals surface area contributed by atoms with E-state index in [1.807, 2.05) is 53.4 Å². The molecular formula is C22H22N4O2S2. The van der Waals surface area contributed by atoms with Gasteiger partial charge in [-0.3, -0.25) is 14.9 Å². The van der Waals surface area contributed by atoms with Crippen LogP contribution in [0.15, 0.2) is 59.5 Å². The molecule has 1 aliphatic heterocycles. The van der Waals surface area contributed by atoms with Crippen LogP contribution < -0.4 is 10.2 Å². The zero-order chi connectivity index (χ0) is 20.9. The summed E-state index contributed by atoms with van der Waals surface area (Å²) in [6.45, 7) is 2.68. The van der Waals surface area contributed by atoms with Gasteiger partial charge in [0.25, 0.3) is 0 Å². The van der Waals surface area contributed by atoms with Crippen LogP contribution in [0.2, 0.25) is 0 Å². The van der Waals surface area contributed by atoms with E-state index in [9.17, 15) is 9.59 Å². The third-order valence-electron chi connectivity index (χ3n) is 4.94. The van der Waals surface area contributed by atoms with Gasteiger partial charge >= 0.3 is 0 Å². The first-order valence-electron chi connectivity index (χ1n) is 9.83. The molecule has 30 heavy (non-hydrogen) atoms. The van der Waals surface area contributed by atoms with E-state index < -0.39 is 0 Å². The molecule has 1 N–H and O–H groups in total. The van der Waals surface area contributed by atoms with E-state index in [1.165, 1.54) is 23.1 Å². The number of nitrogens with zero attached hydrogens (tertiary/aromatic N) is 3. The van der Waals surface area contributed by atoms with E-state index >= 15 is 0 Å². The summed E-state index contributed by atoms with van der Waals surface area (Å²) in [5.74, 6) is 0.278. The summed E-state index contributed by atoms with van der Waals surface area (Å²) in [6, 6.07) is 17.8. The summed E-state index contributed by atoms with van der Waals surface area (Å²) in [6.07, 6.45) is 1.28. The number of amides is 2. The average molecular weight is 439 g/mol. The van der Waals surface area contributed by atoms with Crippen LogP contribution in [-0.2, 0) is 16.0 Å². The number of rotatable bonds is 7. The molecule has 0 bridgehead atoms. The first kappa shape index (κ1) is 20.6. The third-order valence-corrected chi connectivity index (χ3v) is 6.95. The van der Waals surface area contributed by atoms with Crippen LogP contribution in [-0.4, -0.2) is 34.3 Å². The van der Waals surface area contributed by atoms with Gasteiger partial charge in [0.05, 0.1) is 5.75 Å². The maximum atomic E-state index is 12.6. The maximum absolute atomic E-state index is 12.6. The summed E-state index contributed by atoms with van der Waals surface area (Å²) >= 11 is 2.82. The highest BCUT2D eigenvalue weighted by molar-refractivity contribution is 8.00. The van der Waals surface area contributed by atoms with Crippen molar-refractivity contribution in [3.63, 3.8) is 0 Å². The second kappa shape index (κ2) is 9.40. The molecule has 2 aromatic carbocycles. The SMILES string of the molecule is CCc1ccccc1N1C[C@@H](c2nnc(NC(=O)CSc3ccccc3)s2)CC1=O. The Morgan fingerprint density at radius 3 is 2.73 bits per heavy atom. The van der Waals surface area contributed by atoms with Crippen LogP contribution in [0.25, 0.3) is 0 Å². The van der Waals surface area contributed by atoms with E-state index in [0.717, 1.165) is 27.6 Å². The van der Waals surface area contributed by atoms with Gasteiger partial charge in [-0.05, 0) is 30.2 Å². The molecule has 1 atom stereocenters. The Labute approximate surface area is 183 Å². The maximum Gasteiger partial charge on any atom is 0.236 e. The fourth-order valence-electron chi connectivity index (χ4n) is 3.45. The van der Waals surface area contributed by atoms with Crippen molar-refractivity contribution < 1.29 is 9.59 Å². The molecule has 2 amide bonds. The van der Waals surface area contributed by atoms with Crippen molar-refractivity contribution in [1.82, 2.24) is 10.2 Å². The van der Waals surface area contributed by atoms with Gasteiger partial charge in [-0.15, -0.1) is 22.0 Å². The molecule has 154 valence electrons. The van der Waals surface area contributed by atoms with E-state index in [0.29, 0.717) is 23.8 Å². The van der Waals surface area contributed by atoms with Crippen LogP contribution >= 0.6 is 23.1 Å². The molecule has 6 nitrogen and oxygen atoms in total. The van der Waals surface area contributed by atoms with Gasteiger partial charge in [0, 0.05) is 29.5 Å². The van der Waals surface area contributed by atoms with Crippen molar-refractivity contribution >= 4 is 45.7 Å². The predicted octanol–water partition coefficient (Wildman–Crippen LogP) is 4.35. The van der Waals surface area contributed by atoms with Gasteiger partial charge in [0.1, 0.15) is 5.01 Å². The van der Waals surface area contributed by atoms with Gasteiger partial charge in [0.2, 0.25) is 16.9 Å². The molecule has 0 saturated carbocycles. The summed E-state index contributed by atoms with van der Waals surface area (Å²) < 4.78 is 0. The lowest BCUT2D eigenvalue weighted by Gasteiger charge is -2.19. The van der Waals surface area contributed by atoms with Crippen LogP contribution in [0.5, 0.6) is 0 Å². The summed E-state index contributed by atoms with van der Waals surface area (Å²) in [4.78, 5) is 27.8. The topological polar surface area (TPSA) is 75.2 Å². The lowest BCUT2D eigenvalue weighted by Crippen LogP contribution is -2.25. The lowest BCUT2D eigenvalue weighted by molar-refractivity contribution is -0.117. The van der Waals surface area contributed by atoms with E-state index in [4.69, 9.17) is 0 Å². The van der Waals surface area contributed by atoms with Crippen molar-refractivity contribution in [3.05, 3.63) is 65.2 Å². The Kier molecular flexibility index (Phi) is 6.44. The fraction of sp³-hybridized carbons (Fsp3) is 0.273. The molecule has 0 unspecified atom stereocenters. The predicted molar refractivity (Wildman–Crippen MR) is 121 cm³/mol. The Morgan fingerprint density at radius 1 is 1.17 bits per heavy atom. The average Bonchev–Trinajstić information content (AvgIpc) is 3.39. The molecule has 0 spiro atoms. The number of carbonyl (C=O) groups excluding carboxylic acids is 2. The highest BCUT2D eigenvalue weighted by Gasteiger charge is 2.34. The number of anilines is 2. The van der Waals surface area contributed by atoms with Gasteiger partial charge in [0.15, 0.2) is 0 Å². The standard InChI is InChI=1S/C22H22N4O2S2/c1-2-15-8-6-7-11-18(15)26-13-16(12-20(26)28)21-24-25-22(30-21)23-19(27)14-29-17-9-4-3-5-10-17/h3-11,16H,2,12-14H2,1H3,(H,23,25,27)/t16-/m0/s1. The molecule has 4 rings (SSSR count). The summed E-state index contributed by atoms with van der Waals surface area (Å²) in [5, 5.41) is 12.4. The minimum absolute atomic E-state index is 0.00995. The number of aryl methyl sites for hydroxylation is 1. The van der Waals surface area contributed by atoms with Crippen molar-refractivity contribution in [3.8, 4) is 0 Å². The number of nitrogens with one attached hydrogen (secondary N) is 1. The molecule has 2 heterocycles. The van der Waals surface area contributed by atoms with Gasteiger partial charge < -0.3 is 4.90 Å². The smallest absolute Gasteiger partial charge is 0.236 e. The number of benzene rings is 2. The minimum Gasteiger partial charge on any atom is -0.311 e. The number of hydrogen-bond donors (Lipinski definition) is 1. The minimum atomic E-state index is -0.118. The van der Waals surface area contributed by atoms with Crippen molar-refractivity contribution in [2.45, 2.75) is 30.6 Å². The molecule has 1 aliphatic rings. The van der Waals surface area contributed by atoms with E-state index in [-0.39, 0.29) is 17.7 Å². The van der Waals surface area contributed by atoms with E-state index in [2.05, 4.69) is 28.5 Å². The largest absolute Gasteiger partial charge is 0.311 e. The lowest BCUT2D eigenvalue weighted by atomic mass is 10.1. The Hall–Kier alpha value is -2.71. The zero-order valence-corrected chi connectivity index (χ0v) is 18.2. The Balaban J connectivity index is 1.37. The van der Waals surface area contributed by atoms with Crippen molar-refractivity contribution in [1.29, 1.82) is 0 Å². The number of aromatic nitrogens is 2.